The monoisotopic (exact) mass is 596 g/mol. The molecule has 0 aromatic heterocycles. The number of carbonyl (C=O) groups excluding carboxylic acids is 4. The van der Waals surface area contributed by atoms with Gasteiger partial charge in [0.05, 0.1) is 33.8 Å². The largest absolute Gasteiger partial charge is 0.452 e. The Morgan fingerprint density at radius 1 is 0.738 bits per heavy atom. The van der Waals surface area contributed by atoms with Crippen molar-refractivity contribution in [1.29, 1.82) is 0 Å². The number of imide groups is 1. The molecule has 2 atom stereocenters. The molecule has 4 aromatic rings. The van der Waals surface area contributed by atoms with Gasteiger partial charge in [0.15, 0.2) is 6.61 Å². The van der Waals surface area contributed by atoms with E-state index < -0.39 is 30.3 Å². The Kier molecular flexibility index (Phi) is 6.37. The number of amides is 3. The molecule has 1 fully saturated rings. The quantitative estimate of drug-likeness (QED) is 0.219. The lowest BCUT2D eigenvalue weighted by atomic mass is 9.55. The Morgan fingerprint density at radius 2 is 1.26 bits per heavy atom. The first-order chi connectivity index (χ1) is 20.3. The van der Waals surface area contributed by atoms with Crippen molar-refractivity contribution >= 4 is 58.3 Å². The highest BCUT2D eigenvalue weighted by Crippen LogP contribution is 2.61. The third-order valence-corrected chi connectivity index (χ3v) is 8.91. The van der Waals surface area contributed by atoms with Crippen LogP contribution in [0.25, 0.3) is 0 Å². The van der Waals surface area contributed by atoms with Gasteiger partial charge < -0.3 is 10.1 Å². The number of hydrogen-bond acceptors (Lipinski definition) is 5. The van der Waals surface area contributed by atoms with Gasteiger partial charge in [-0.05, 0) is 52.6 Å². The van der Waals surface area contributed by atoms with Crippen LogP contribution in [0.2, 0.25) is 10.0 Å². The van der Waals surface area contributed by atoms with Crippen molar-refractivity contribution in [3.05, 3.63) is 129 Å². The summed E-state index contributed by atoms with van der Waals surface area (Å²) in [5.74, 6) is -3.89. The zero-order valence-corrected chi connectivity index (χ0v) is 23.4. The summed E-state index contributed by atoms with van der Waals surface area (Å²) >= 11 is 12.1. The van der Waals surface area contributed by atoms with Crippen molar-refractivity contribution < 1.29 is 23.9 Å². The maximum Gasteiger partial charge on any atom is 0.340 e. The number of para-hydroxylation sites is 1. The summed E-state index contributed by atoms with van der Waals surface area (Å²) in [4.78, 5) is 55.1. The molecule has 208 valence electrons. The summed E-state index contributed by atoms with van der Waals surface area (Å²) in [6.07, 6.45) is 0. The number of benzene rings is 4. The van der Waals surface area contributed by atoms with Crippen molar-refractivity contribution in [3.63, 3.8) is 0 Å². The number of halogens is 2. The zero-order chi connectivity index (χ0) is 29.1. The molecular weight excluding hydrogens is 575 g/mol. The average Bonchev–Trinajstić information content (AvgIpc) is 3.27. The Bertz CT molecular complexity index is 1710. The molecule has 0 unspecified atom stereocenters. The molecule has 0 spiro atoms. The minimum absolute atomic E-state index is 0.00816. The minimum Gasteiger partial charge on any atom is -0.452 e. The maximum atomic E-state index is 14.1. The van der Waals surface area contributed by atoms with E-state index in [1.54, 1.807) is 24.3 Å². The van der Waals surface area contributed by atoms with Crippen LogP contribution in [0.1, 0.15) is 44.4 Å². The molecule has 3 aliphatic carbocycles. The lowest BCUT2D eigenvalue weighted by Crippen LogP contribution is -2.41. The molecule has 0 saturated carbocycles. The van der Waals surface area contributed by atoms with Crippen LogP contribution in [-0.4, -0.2) is 30.3 Å². The molecule has 3 amide bonds. The highest BCUT2D eigenvalue weighted by atomic mass is 35.5. The molecule has 42 heavy (non-hydrogen) atoms. The zero-order valence-electron chi connectivity index (χ0n) is 21.9. The van der Waals surface area contributed by atoms with E-state index in [0.29, 0.717) is 5.02 Å². The molecule has 4 aliphatic rings. The van der Waals surface area contributed by atoms with Crippen molar-refractivity contribution in [2.45, 2.75) is 11.8 Å². The molecule has 4 aromatic carbocycles. The summed E-state index contributed by atoms with van der Waals surface area (Å²) in [5, 5.41) is 3.21. The predicted molar refractivity (Wildman–Crippen MR) is 158 cm³/mol. The molecule has 9 heteroatoms. The van der Waals surface area contributed by atoms with E-state index in [4.69, 9.17) is 27.9 Å². The van der Waals surface area contributed by atoms with Crippen LogP contribution >= 0.6 is 23.2 Å². The highest BCUT2D eigenvalue weighted by Gasteiger charge is 2.62. The first kappa shape index (κ1) is 26.4. The third-order valence-electron chi connectivity index (χ3n) is 8.35. The average molecular weight is 597 g/mol. The Balaban J connectivity index is 1.17. The summed E-state index contributed by atoms with van der Waals surface area (Å²) in [6, 6.07) is 26.8. The second-order valence-electron chi connectivity index (χ2n) is 10.5. The minimum atomic E-state index is -0.844. The van der Waals surface area contributed by atoms with Gasteiger partial charge in [-0.25, -0.2) is 9.69 Å². The van der Waals surface area contributed by atoms with E-state index in [-0.39, 0.29) is 45.6 Å². The van der Waals surface area contributed by atoms with Crippen LogP contribution in [0.3, 0.4) is 0 Å². The van der Waals surface area contributed by atoms with Crippen LogP contribution in [0.5, 0.6) is 0 Å². The second-order valence-corrected chi connectivity index (χ2v) is 11.4. The fourth-order valence-electron chi connectivity index (χ4n) is 6.74. The van der Waals surface area contributed by atoms with Crippen molar-refractivity contribution in [3.8, 4) is 0 Å². The fourth-order valence-corrected chi connectivity index (χ4v) is 7.08. The molecule has 2 bridgehead atoms. The topological polar surface area (TPSA) is 92.8 Å². The predicted octanol–water partition coefficient (Wildman–Crippen LogP) is 6.19. The van der Waals surface area contributed by atoms with E-state index in [0.717, 1.165) is 27.2 Å². The number of carbonyl (C=O) groups is 4. The fraction of sp³-hybridized carbons (Fsp3) is 0.152. The summed E-state index contributed by atoms with van der Waals surface area (Å²) in [6.45, 7) is -0.613. The highest BCUT2D eigenvalue weighted by molar-refractivity contribution is 6.35. The second kappa shape index (κ2) is 10.1. The van der Waals surface area contributed by atoms with Gasteiger partial charge in [0.25, 0.3) is 5.91 Å². The lowest BCUT2D eigenvalue weighted by Gasteiger charge is -2.45. The number of nitrogens with zero attached hydrogens (tertiary/aromatic N) is 1. The molecular formula is C33H22Cl2N2O5. The van der Waals surface area contributed by atoms with Crippen LogP contribution in [0, 0.1) is 11.8 Å². The molecule has 0 radical (unpaired) electrons. The Morgan fingerprint density at radius 3 is 1.83 bits per heavy atom. The SMILES string of the molecule is O=C(COC(=O)c1ccccc1N1C(=O)[C@H]2C3c4ccccc4C(c4ccccc43)[C@@H]2C1=O)Nc1cc(Cl)ccc1Cl. The normalized spacial score (nSPS) is 21.4. The first-order valence-electron chi connectivity index (χ1n) is 13.4. The van der Waals surface area contributed by atoms with Gasteiger partial charge in [-0.2, -0.15) is 0 Å². The lowest BCUT2D eigenvalue weighted by molar-refractivity contribution is -0.122. The summed E-state index contributed by atoms with van der Waals surface area (Å²) in [7, 11) is 0. The van der Waals surface area contributed by atoms with E-state index in [1.807, 2.05) is 48.5 Å². The van der Waals surface area contributed by atoms with E-state index >= 15 is 0 Å². The molecule has 1 N–H and O–H groups in total. The van der Waals surface area contributed by atoms with Crippen molar-refractivity contribution in [2.75, 3.05) is 16.8 Å². The van der Waals surface area contributed by atoms with Gasteiger partial charge in [-0.3, -0.25) is 14.4 Å². The molecule has 8 rings (SSSR count). The van der Waals surface area contributed by atoms with Gasteiger partial charge in [-0.15, -0.1) is 0 Å². The Hall–Kier alpha value is -4.46. The van der Waals surface area contributed by atoms with Crippen LogP contribution in [0.4, 0.5) is 11.4 Å². The van der Waals surface area contributed by atoms with E-state index in [1.165, 1.54) is 18.2 Å². The van der Waals surface area contributed by atoms with Crippen LogP contribution in [0.15, 0.2) is 91.0 Å². The number of rotatable bonds is 5. The molecule has 1 saturated heterocycles. The van der Waals surface area contributed by atoms with Gasteiger partial charge in [0.2, 0.25) is 11.8 Å². The Labute approximate surface area is 251 Å². The summed E-state index contributed by atoms with van der Waals surface area (Å²) in [5.41, 5.74) is 4.66. The number of anilines is 2. The number of esters is 1. The van der Waals surface area contributed by atoms with Crippen molar-refractivity contribution in [1.82, 2.24) is 0 Å². The number of hydrogen-bond donors (Lipinski definition) is 1. The van der Waals surface area contributed by atoms with Gasteiger partial charge in [-0.1, -0.05) is 83.9 Å². The molecule has 7 nitrogen and oxygen atoms in total. The molecule has 1 aliphatic heterocycles. The number of ether oxygens (including phenoxy) is 1. The van der Waals surface area contributed by atoms with Crippen LogP contribution < -0.4 is 10.2 Å². The van der Waals surface area contributed by atoms with E-state index in [9.17, 15) is 19.2 Å². The number of nitrogens with one attached hydrogen (secondary N) is 1. The summed E-state index contributed by atoms with van der Waals surface area (Å²) < 4.78 is 5.30. The van der Waals surface area contributed by atoms with Crippen LogP contribution in [-0.2, 0) is 19.1 Å². The molecule has 1 heterocycles. The van der Waals surface area contributed by atoms with Gasteiger partial charge in [0, 0.05) is 16.9 Å². The standard InChI is InChI=1S/C33H22Cl2N2O5/c34-17-13-14-23(35)24(15-17)36-26(38)16-42-33(41)22-11-5-6-12-25(22)37-31(39)29-27-18-7-1-2-8-19(18)28(30(29)32(37)40)21-10-4-3-9-20(21)27/h1-15,27-30H,16H2,(H,36,38)/t27?,28?,29-,30-/m0/s1. The van der Waals surface area contributed by atoms with Gasteiger partial charge in [0.1, 0.15) is 0 Å². The maximum absolute atomic E-state index is 14.1. The van der Waals surface area contributed by atoms with Gasteiger partial charge >= 0.3 is 5.97 Å². The third kappa shape index (κ3) is 4.03. The first-order valence-corrected chi connectivity index (χ1v) is 14.2. The van der Waals surface area contributed by atoms with Crippen molar-refractivity contribution in [2.24, 2.45) is 11.8 Å². The van der Waals surface area contributed by atoms with E-state index in [2.05, 4.69) is 5.32 Å². The smallest absolute Gasteiger partial charge is 0.340 e.